The fourth-order valence-electron chi connectivity index (χ4n) is 4.30. The minimum absolute atomic E-state index is 0.0284. The smallest absolute Gasteiger partial charge is 0.263 e. The van der Waals surface area contributed by atoms with E-state index in [2.05, 4.69) is 18.2 Å². The summed E-state index contributed by atoms with van der Waals surface area (Å²) in [6.45, 7) is 0. The van der Waals surface area contributed by atoms with Gasteiger partial charge in [-0.25, -0.2) is 0 Å². The number of hydrogen-bond donors (Lipinski definition) is 0. The zero-order valence-corrected chi connectivity index (χ0v) is 14.4. The van der Waals surface area contributed by atoms with Gasteiger partial charge in [-0.3, -0.25) is 9.20 Å². The molecule has 0 aliphatic rings. The van der Waals surface area contributed by atoms with E-state index in [1.807, 2.05) is 59.0 Å². The molecule has 2 aromatic heterocycles. The summed E-state index contributed by atoms with van der Waals surface area (Å²) in [6, 6.07) is 24.1. The molecule has 0 N–H and O–H groups in total. The number of para-hydroxylation sites is 1. The molecule has 6 rings (SSSR count). The first-order valence-electron chi connectivity index (χ1n) is 8.53. The lowest BCUT2D eigenvalue weighted by molar-refractivity contribution is 1.21. The number of aromatic nitrogens is 1. The molecule has 6 aromatic rings. The highest BCUT2D eigenvalue weighted by molar-refractivity contribution is 6.34. The van der Waals surface area contributed by atoms with E-state index in [0.717, 1.165) is 48.7 Å². The van der Waals surface area contributed by atoms with E-state index in [0.29, 0.717) is 5.02 Å². The van der Waals surface area contributed by atoms with Gasteiger partial charge in [0.15, 0.2) is 0 Å². The summed E-state index contributed by atoms with van der Waals surface area (Å²) in [5.41, 5.74) is 1.95. The van der Waals surface area contributed by atoms with Gasteiger partial charge in [0, 0.05) is 26.6 Å². The van der Waals surface area contributed by atoms with Gasteiger partial charge in [-0.1, -0.05) is 54.1 Å². The van der Waals surface area contributed by atoms with E-state index in [-0.39, 0.29) is 5.56 Å². The first-order valence-corrected chi connectivity index (χ1v) is 8.91. The Hall–Kier alpha value is -3.10. The fourth-order valence-corrected chi connectivity index (χ4v) is 4.48. The molecule has 0 atom stereocenters. The maximum atomic E-state index is 13.3. The highest BCUT2D eigenvalue weighted by Gasteiger charge is 2.18. The number of pyridine rings is 1. The van der Waals surface area contributed by atoms with Gasteiger partial charge in [0.1, 0.15) is 0 Å². The minimum Gasteiger partial charge on any atom is -0.275 e. The normalized spacial score (nSPS) is 12.2. The van der Waals surface area contributed by atoms with Crippen molar-refractivity contribution in [1.29, 1.82) is 0 Å². The zero-order chi connectivity index (χ0) is 17.4. The van der Waals surface area contributed by atoms with Gasteiger partial charge in [-0.05, 0) is 46.5 Å². The number of benzene rings is 4. The molecule has 0 amide bonds. The van der Waals surface area contributed by atoms with Crippen LogP contribution in [0.2, 0.25) is 5.02 Å². The molecule has 0 bridgehead atoms. The Balaban J connectivity index is 2.15. The highest BCUT2D eigenvalue weighted by atomic mass is 35.5. The molecule has 122 valence electrons. The van der Waals surface area contributed by atoms with Crippen molar-refractivity contribution in [3.8, 4) is 0 Å². The standard InChI is InChI=1S/C23H12ClNO/c24-14-10-9-13-11-19-15-5-3-4-8-20(15)25-22(19)21(18(13)12-14)16-6-1-2-7-17(16)23(25)26/h1-12H. The van der Waals surface area contributed by atoms with Crippen LogP contribution in [-0.4, -0.2) is 4.40 Å². The van der Waals surface area contributed by atoms with Crippen molar-refractivity contribution < 1.29 is 0 Å². The molecule has 2 nitrogen and oxygen atoms in total. The Morgan fingerprint density at radius 1 is 0.692 bits per heavy atom. The Morgan fingerprint density at radius 3 is 2.27 bits per heavy atom. The summed E-state index contributed by atoms with van der Waals surface area (Å²) in [4.78, 5) is 13.3. The average Bonchev–Trinajstić information content (AvgIpc) is 3.00. The Bertz CT molecular complexity index is 1560. The monoisotopic (exact) mass is 353 g/mol. The first kappa shape index (κ1) is 14.1. The number of hydrogen-bond acceptors (Lipinski definition) is 1. The van der Waals surface area contributed by atoms with Crippen molar-refractivity contribution in [1.82, 2.24) is 4.40 Å². The lowest BCUT2D eigenvalue weighted by Gasteiger charge is -2.10. The zero-order valence-electron chi connectivity index (χ0n) is 13.7. The lowest BCUT2D eigenvalue weighted by atomic mass is 9.98. The summed E-state index contributed by atoms with van der Waals surface area (Å²) in [5.74, 6) is 0. The van der Waals surface area contributed by atoms with Gasteiger partial charge >= 0.3 is 0 Å². The molecule has 3 heteroatoms. The van der Waals surface area contributed by atoms with Crippen LogP contribution in [0.15, 0.2) is 77.6 Å². The topological polar surface area (TPSA) is 21.5 Å². The van der Waals surface area contributed by atoms with Crippen molar-refractivity contribution >= 4 is 60.3 Å². The van der Waals surface area contributed by atoms with Crippen molar-refractivity contribution in [2.24, 2.45) is 0 Å². The molecule has 0 unspecified atom stereocenters. The van der Waals surface area contributed by atoms with Gasteiger partial charge in [0.25, 0.3) is 5.56 Å². The summed E-state index contributed by atoms with van der Waals surface area (Å²) in [5, 5.41) is 7.91. The third kappa shape index (κ3) is 1.60. The fraction of sp³-hybridized carbons (Fsp3) is 0. The van der Waals surface area contributed by atoms with Crippen molar-refractivity contribution in [2.45, 2.75) is 0 Å². The summed E-state index contributed by atoms with van der Waals surface area (Å²) >= 11 is 6.32. The van der Waals surface area contributed by atoms with Crippen molar-refractivity contribution in [3.63, 3.8) is 0 Å². The second-order valence-corrected chi connectivity index (χ2v) is 7.15. The van der Waals surface area contributed by atoms with E-state index in [1.54, 1.807) is 0 Å². The summed E-state index contributed by atoms with van der Waals surface area (Å²) in [6.07, 6.45) is 0. The molecule has 2 heterocycles. The van der Waals surface area contributed by atoms with Crippen LogP contribution >= 0.6 is 11.6 Å². The molecule has 0 radical (unpaired) electrons. The van der Waals surface area contributed by atoms with Crippen LogP contribution in [0.3, 0.4) is 0 Å². The molecule has 0 aliphatic carbocycles. The number of halogens is 1. The number of rotatable bonds is 0. The lowest BCUT2D eigenvalue weighted by Crippen LogP contribution is -2.12. The molecule has 0 saturated heterocycles. The number of fused-ring (bicyclic) bond motifs is 7. The van der Waals surface area contributed by atoms with E-state index in [9.17, 15) is 4.79 Å². The van der Waals surface area contributed by atoms with Gasteiger partial charge in [-0.2, -0.15) is 0 Å². The van der Waals surface area contributed by atoms with Crippen molar-refractivity contribution in [3.05, 3.63) is 88.2 Å². The van der Waals surface area contributed by atoms with E-state index in [1.165, 1.54) is 0 Å². The van der Waals surface area contributed by atoms with Crippen LogP contribution in [0.4, 0.5) is 0 Å². The summed E-state index contributed by atoms with van der Waals surface area (Å²) < 4.78 is 1.86. The SMILES string of the molecule is O=c1c2ccccc2c2c3cc(Cl)ccc3cc3c4ccccc4n1c32. The third-order valence-corrected chi connectivity index (χ3v) is 5.60. The summed E-state index contributed by atoms with van der Waals surface area (Å²) in [7, 11) is 0. The minimum atomic E-state index is 0.0284. The molecule has 0 aliphatic heterocycles. The Morgan fingerprint density at radius 2 is 1.42 bits per heavy atom. The Labute approximate surface area is 153 Å². The second-order valence-electron chi connectivity index (χ2n) is 6.72. The van der Waals surface area contributed by atoms with Crippen LogP contribution in [0.1, 0.15) is 0 Å². The van der Waals surface area contributed by atoms with Gasteiger partial charge in [0.05, 0.1) is 11.0 Å². The largest absolute Gasteiger partial charge is 0.275 e. The first-order chi connectivity index (χ1) is 12.7. The van der Waals surface area contributed by atoms with E-state index in [4.69, 9.17) is 11.6 Å². The Kier molecular flexibility index (Phi) is 2.58. The molecule has 0 spiro atoms. The molecular weight excluding hydrogens is 342 g/mol. The second kappa shape index (κ2) is 4.75. The molecule has 0 saturated carbocycles. The predicted octanol–water partition coefficient (Wildman–Crippen LogP) is 6.00. The van der Waals surface area contributed by atoms with Gasteiger partial charge < -0.3 is 0 Å². The molecular formula is C23H12ClNO. The average molecular weight is 354 g/mol. The van der Waals surface area contributed by atoms with Gasteiger partial charge in [0.2, 0.25) is 0 Å². The van der Waals surface area contributed by atoms with Crippen LogP contribution in [0, 0.1) is 0 Å². The number of nitrogens with zero attached hydrogens (tertiary/aromatic N) is 1. The maximum Gasteiger partial charge on any atom is 0.263 e. The van der Waals surface area contributed by atoms with E-state index >= 15 is 0 Å². The highest BCUT2D eigenvalue weighted by Crippen LogP contribution is 2.39. The van der Waals surface area contributed by atoms with Crippen LogP contribution in [0.25, 0.3) is 48.7 Å². The molecule has 4 aromatic carbocycles. The third-order valence-electron chi connectivity index (χ3n) is 5.37. The van der Waals surface area contributed by atoms with Crippen LogP contribution < -0.4 is 5.56 Å². The maximum absolute atomic E-state index is 13.3. The predicted molar refractivity (Wildman–Crippen MR) is 110 cm³/mol. The van der Waals surface area contributed by atoms with Crippen LogP contribution in [-0.2, 0) is 0 Å². The van der Waals surface area contributed by atoms with Gasteiger partial charge in [-0.15, -0.1) is 0 Å². The van der Waals surface area contributed by atoms with Crippen molar-refractivity contribution in [2.75, 3.05) is 0 Å². The molecule has 26 heavy (non-hydrogen) atoms. The molecule has 0 fully saturated rings. The van der Waals surface area contributed by atoms with Crippen LogP contribution in [0.5, 0.6) is 0 Å². The van der Waals surface area contributed by atoms with E-state index < -0.39 is 0 Å². The quantitative estimate of drug-likeness (QED) is 0.307.